The Balaban J connectivity index is 1.03. The lowest BCUT2D eigenvalue weighted by atomic mass is 9.91. The van der Waals surface area contributed by atoms with Crippen molar-refractivity contribution in [3.8, 4) is 50.6 Å². The van der Waals surface area contributed by atoms with Crippen molar-refractivity contribution in [2.75, 3.05) is 11.5 Å². The summed E-state index contributed by atoms with van der Waals surface area (Å²) in [4.78, 5) is 7.12. The van der Waals surface area contributed by atoms with Crippen LogP contribution in [0.2, 0.25) is 0 Å². The Kier molecular flexibility index (Phi) is 8.18. The van der Waals surface area contributed by atoms with Crippen LogP contribution in [0.3, 0.4) is 0 Å². The van der Waals surface area contributed by atoms with Crippen molar-refractivity contribution in [1.82, 2.24) is 4.98 Å². The second-order valence-corrected chi connectivity index (χ2v) is 15.7. The first kappa shape index (κ1) is 33.4. The fraction of sp³-hybridized carbons (Fsp3) is 0.0577. The molecule has 2 aromatic heterocycles. The van der Waals surface area contributed by atoms with Gasteiger partial charge in [-0.15, -0.1) is 11.3 Å². The fourth-order valence-electron chi connectivity index (χ4n) is 8.29. The molecule has 1 aliphatic rings. The van der Waals surface area contributed by atoms with Gasteiger partial charge in [0.05, 0.1) is 6.61 Å². The summed E-state index contributed by atoms with van der Waals surface area (Å²) in [5.41, 5.74) is 14.0. The van der Waals surface area contributed by atoms with Gasteiger partial charge in [-0.1, -0.05) is 109 Å². The van der Waals surface area contributed by atoms with Crippen LogP contribution in [0, 0.1) is 0 Å². The van der Waals surface area contributed by atoms with E-state index in [4.69, 9.17) is 14.1 Å². The monoisotopic (exact) mass is 752 g/mol. The maximum atomic E-state index is 6.39. The second-order valence-electron chi connectivity index (χ2n) is 14.6. The lowest BCUT2D eigenvalue weighted by molar-refractivity contribution is 0.289. The van der Waals surface area contributed by atoms with Crippen LogP contribution in [0.25, 0.3) is 76.1 Å². The Morgan fingerprint density at radius 2 is 1.21 bits per heavy atom. The number of fused-ring (bicyclic) bond motifs is 5. The lowest BCUT2D eigenvalue weighted by Crippen LogP contribution is -2.10. The minimum Gasteiger partial charge on any atom is -0.493 e. The zero-order valence-corrected chi connectivity index (χ0v) is 31.9. The van der Waals surface area contributed by atoms with E-state index in [1.807, 2.05) is 35.6 Å². The van der Waals surface area contributed by atoms with Crippen LogP contribution >= 0.6 is 11.3 Å². The molecular weight excluding hydrogens is 717 g/mol. The van der Waals surface area contributed by atoms with Gasteiger partial charge in [-0.05, 0) is 119 Å². The fourth-order valence-corrected chi connectivity index (χ4v) is 9.46. The molecule has 11 rings (SSSR count). The minimum atomic E-state index is 0.602. The van der Waals surface area contributed by atoms with Crippen molar-refractivity contribution < 1.29 is 9.15 Å². The summed E-state index contributed by atoms with van der Waals surface area (Å²) < 4.78 is 15.2. The van der Waals surface area contributed by atoms with E-state index in [9.17, 15) is 0 Å². The minimum absolute atomic E-state index is 0.602. The molecule has 4 nitrogen and oxygen atoms in total. The number of thiophene rings is 1. The molecule has 5 heteroatoms. The summed E-state index contributed by atoms with van der Waals surface area (Å²) in [5, 5.41) is 2.58. The predicted octanol–water partition coefficient (Wildman–Crippen LogP) is 14.7. The number of anilines is 3. The van der Waals surface area contributed by atoms with Crippen molar-refractivity contribution in [2.24, 2.45) is 0 Å². The summed E-state index contributed by atoms with van der Waals surface area (Å²) in [6.07, 6.45) is 2.09. The number of hydrogen-bond acceptors (Lipinski definition) is 5. The van der Waals surface area contributed by atoms with E-state index in [0.717, 1.165) is 64.5 Å². The number of rotatable bonds is 7. The molecule has 0 saturated carbocycles. The summed E-state index contributed by atoms with van der Waals surface area (Å²) in [7, 11) is 0. The van der Waals surface area contributed by atoms with E-state index in [2.05, 4.69) is 163 Å². The average molecular weight is 753 g/mol. The molecule has 1 aliphatic heterocycles. The summed E-state index contributed by atoms with van der Waals surface area (Å²) in [6, 6.07) is 64.7. The molecule has 0 N–H and O–H groups in total. The van der Waals surface area contributed by atoms with Gasteiger partial charge in [-0.3, -0.25) is 0 Å². The Bertz CT molecular complexity index is 3040. The Labute approximate surface area is 334 Å². The topological polar surface area (TPSA) is 38.5 Å². The number of benzene rings is 8. The third-order valence-electron chi connectivity index (χ3n) is 11.0. The van der Waals surface area contributed by atoms with Gasteiger partial charge in [-0.25, -0.2) is 4.98 Å². The van der Waals surface area contributed by atoms with Crippen LogP contribution in [-0.4, -0.2) is 11.6 Å². The number of hydrogen-bond donors (Lipinski definition) is 0. The number of para-hydroxylation sites is 3. The highest BCUT2D eigenvalue weighted by Gasteiger charge is 2.21. The molecule has 0 radical (unpaired) electrons. The van der Waals surface area contributed by atoms with Crippen LogP contribution in [0.15, 0.2) is 186 Å². The first-order valence-electron chi connectivity index (χ1n) is 19.5. The Morgan fingerprint density at radius 1 is 0.509 bits per heavy atom. The number of aromatic nitrogens is 1. The first-order valence-corrected chi connectivity index (χ1v) is 20.3. The van der Waals surface area contributed by atoms with Gasteiger partial charge in [0.2, 0.25) is 5.89 Å². The number of oxazole rings is 1. The van der Waals surface area contributed by atoms with Crippen LogP contribution in [-0.2, 0) is 6.42 Å². The van der Waals surface area contributed by atoms with Crippen LogP contribution in [0.5, 0.6) is 5.75 Å². The molecule has 0 unspecified atom stereocenters. The number of ether oxygens (including phenoxy) is 1. The van der Waals surface area contributed by atoms with E-state index in [1.54, 1.807) is 0 Å². The highest BCUT2D eigenvalue weighted by molar-refractivity contribution is 7.26. The van der Waals surface area contributed by atoms with Gasteiger partial charge >= 0.3 is 0 Å². The Hall–Kier alpha value is -6.95. The molecule has 8 aromatic carbocycles. The van der Waals surface area contributed by atoms with E-state index < -0.39 is 0 Å². The largest absolute Gasteiger partial charge is 0.493 e. The highest BCUT2D eigenvalue weighted by Crippen LogP contribution is 2.47. The molecule has 10 aromatic rings. The van der Waals surface area contributed by atoms with Crippen molar-refractivity contribution in [3.63, 3.8) is 0 Å². The van der Waals surface area contributed by atoms with Crippen LogP contribution in [0.4, 0.5) is 17.1 Å². The third-order valence-corrected chi connectivity index (χ3v) is 12.2. The first-order chi connectivity index (χ1) is 28.2. The van der Waals surface area contributed by atoms with E-state index in [0.29, 0.717) is 5.89 Å². The molecule has 0 amide bonds. The van der Waals surface area contributed by atoms with Gasteiger partial charge in [-0.2, -0.15) is 0 Å². The van der Waals surface area contributed by atoms with Crippen molar-refractivity contribution in [3.05, 3.63) is 188 Å². The normalized spacial score (nSPS) is 12.5. The predicted molar refractivity (Wildman–Crippen MR) is 237 cm³/mol. The SMILES string of the molecule is c1ccc(-c2ccc(N(c3ccc(-c4cc(-c5cccc6c5OCCC6)c5c(c4)sc4ccccc45)cc3)c3cccc(-c4nc5ccccc5o4)c3)cc2)cc1. The van der Waals surface area contributed by atoms with Gasteiger partial charge < -0.3 is 14.1 Å². The Morgan fingerprint density at radius 3 is 2.04 bits per heavy atom. The molecule has 0 saturated heterocycles. The molecule has 0 aliphatic carbocycles. The van der Waals surface area contributed by atoms with Crippen LogP contribution in [0.1, 0.15) is 12.0 Å². The summed E-state index contributed by atoms with van der Waals surface area (Å²) in [6.45, 7) is 0.752. The van der Waals surface area contributed by atoms with Gasteiger partial charge in [0.25, 0.3) is 0 Å². The average Bonchev–Trinajstić information content (AvgIpc) is 3.89. The van der Waals surface area contributed by atoms with Crippen molar-refractivity contribution >= 4 is 59.7 Å². The zero-order valence-electron chi connectivity index (χ0n) is 31.1. The highest BCUT2D eigenvalue weighted by atomic mass is 32.1. The molecule has 0 atom stereocenters. The standard InChI is InChI=1S/C52H36N2O2S/c1-2-11-34(12-3-1)35-22-26-40(27-23-35)54(42-16-8-14-38(31-42)52-53-46-19-5-6-20-47(46)56-52)41-28-24-36(25-29-41)39-32-45(43-18-9-13-37-15-10-30-55-51(37)43)50-44-17-4-7-21-48(44)57-49(50)33-39/h1-9,11-14,16-29,31-33H,10,15,30H2. The molecule has 0 spiro atoms. The molecular formula is C52H36N2O2S. The number of nitrogens with zero attached hydrogens (tertiary/aromatic N) is 2. The molecule has 0 bridgehead atoms. The number of aryl methyl sites for hydroxylation is 1. The van der Waals surface area contributed by atoms with Crippen molar-refractivity contribution in [2.45, 2.75) is 12.8 Å². The van der Waals surface area contributed by atoms with Gasteiger partial charge in [0.15, 0.2) is 5.58 Å². The van der Waals surface area contributed by atoms with Crippen molar-refractivity contribution in [1.29, 1.82) is 0 Å². The van der Waals surface area contributed by atoms with Gasteiger partial charge in [0.1, 0.15) is 11.3 Å². The maximum absolute atomic E-state index is 6.39. The summed E-state index contributed by atoms with van der Waals surface area (Å²) in [5.74, 6) is 1.63. The maximum Gasteiger partial charge on any atom is 0.227 e. The van der Waals surface area contributed by atoms with E-state index in [-0.39, 0.29) is 0 Å². The smallest absolute Gasteiger partial charge is 0.227 e. The molecule has 57 heavy (non-hydrogen) atoms. The molecule has 272 valence electrons. The van der Waals surface area contributed by atoms with E-state index in [1.165, 1.54) is 53.6 Å². The third kappa shape index (κ3) is 6.04. The van der Waals surface area contributed by atoms with Crippen LogP contribution < -0.4 is 9.64 Å². The summed E-state index contributed by atoms with van der Waals surface area (Å²) >= 11 is 1.86. The molecule has 3 heterocycles. The van der Waals surface area contributed by atoms with Gasteiger partial charge in [0, 0.05) is 48.4 Å². The van der Waals surface area contributed by atoms with E-state index >= 15 is 0 Å². The quantitative estimate of drug-likeness (QED) is 0.162. The zero-order chi connectivity index (χ0) is 37.7. The second kappa shape index (κ2) is 14.0. The lowest BCUT2D eigenvalue weighted by Gasteiger charge is -2.26. The molecule has 0 fully saturated rings.